The summed E-state index contributed by atoms with van der Waals surface area (Å²) in [6.45, 7) is 3.73. The summed E-state index contributed by atoms with van der Waals surface area (Å²) in [4.78, 5) is 27.2. The van der Waals surface area contributed by atoms with Gasteiger partial charge in [-0.05, 0) is 25.6 Å². The third kappa shape index (κ3) is 4.69. The van der Waals surface area contributed by atoms with E-state index in [1.165, 1.54) is 4.90 Å². The molecule has 1 fully saturated rings. The molecule has 126 valence electrons. The van der Waals surface area contributed by atoms with Crippen molar-refractivity contribution in [2.24, 2.45) is 5.92 Å². The standard InChI is InChI=1S/C17H24N2O4/c1-3-18(2)15-9-14(16(20)21)10-19(11-15)17(22)23-12-13-7-5-4-6-8-13/h4-8,14-15H,3,9-12H2,1-2H3,(H,20,21)/t14-,15+/m0/s1. The van der Waals surface area contributed by atoms with Crippen molar-refractivity contribution in [2.45, 2.75) is 26.0 Å². The number of likely N-dealkylation sites (tertiary alicyclic amines) is 1. The molecule has 23 heavy (non-hydrogen) atoms. The third-order valence-electron chi connectivity index (χ3n) is 4.36. The van der Waals surface area contributed by atoms with Crippen LogP contribution in [0.5, 0.6) is 0 Å². The van der Waals surface area contributed by atoms with Gasteiger partial charge in [0, 0.05) is 19.1 Å². The quantitative estimate of drug-likeness (QED) is 0.899. The van der Waals surface area contributed by atoms with Gasteiger partial charge in [-0.2, -0.15) is 0 Å². The van der Waals surface area contributed by atoms with E-state index in [1.807, 2.05) is 44.3 Å². The van der Waals surface area contributed by atoms with Crippen LogP contribution in [0.1, 0.15) is 18.9 Å². The number of amides is 1. The van der Waals surface area contributed by atoms with E-state index in [0.29, 0.717) is 13.0 Å². The Bertz CT molecular complexity index is 535. The molecule has 1 amide bonds. The van der Waals surface area contributed by atoms with Crippen LogP contribution in [0.3, 0.4) is 0 Å². The van der Waals surface area contributed by atoms with Crippen molar-refractivity contribution in [3.05, 3.63) is 35.9 Å². The third-order valence-corrected chi connectivity index (χ3v) is 4.36. The average Bonchev–Trinajstić information content (AvgIpc) is 2.59. The summed E-state index contributed by atoms with van der Waals surface area (Å²) < 4.78 is 5.33. The van der Waals surface area contributed by atoms with E-state index in [-0.39, 0.29) is 19.2 Å². The van der Waals surface area contributed by atoms with Gasteiger partial charge < -0.3 is 19.6 Å². The number of carboxylic acids is 1. The minimum Gasteiger partial charge on any atom is -0.481 e. The number of rotatable bonds is 5. The van der Waals surface area contributed by atoms with Crippen LogP contribution in [-0.4, -0.2) is 59.7 Å². The molecule has 1 heterocycles. The zero-order chi connectivity index (χ0) is 16.8. The summed E-state index contributed by atoms with van der Waals surface area (Å²) in [7, 11) is 1.95. The maximum Gasteiger partial charge on any atom is 0.410 e. The summed E-state index contributed by atoms with van der Waals surface area (Å²) in [5, 5.41) is 9.32. The SMILES string of the molecule is CCN(C)[C@@H]1C[C@H](C(=O)O)CN(C(=O)OCc2ccccc2)C1. The van der Waals surface area contributed by atoms with Gasteiger partial charge in [-0.1, -0.05) is 37.3 Å². The molecule has 1 aliphatic rings. The highest BCUT2D eigenvalue weighted by atomic mass is 16.6. The highest BCUT2D eigenvalue weighted by molar-refractivity contribution is 5.73. The van der Waals surface area contributed by atoms with Crippen molar-refractivity contribution < 1.29 is 19.4 Å². The molecule has 0 aromatic heterocycles. The number of benzene rings is 1. The number of aliphatic carboxylic acids is 1. The first-order valence-electron chi connectivity index (χ1n) is 7.90. The van der Waals surface area contributed by atoms with E-state index in [2.05, 4.69) is 4.90 Å². The normalized spacial score (nSPS) is 21.3. The van der Waals surface area contributed by atoms with E-state index in [4.69, 9.17) is 4.74 Å². The molecule has 0 saturated carbocycles. The largest absolute Gasteiger partial charge is 0.481 e. The number of hydrogen-bond acceptors (Lipinski definition) is 4. The van der Waals surface area contributed by atoms with Crippen molar-refractivity contribution in [1.29, 1.82) is 0 Å². The number of piperidine rings is 1. The lowest BCUT2D eigenvalue weighted by molar-refractivity contribution is -0.144. The second-order valence-corrected chi connectivity index (χ2v) is 5.94. The minimum absolute atomic E-state index is 0.0409. The van der Waals surface area contributed by atoms with Gasteiger partial charge in [-0.3, -0.25) is 4.79 Å². The summed E-state index contributed by atoms with van der Waals surface area (Å²) in [5.41, 5.74) is 0.912. The van der Waals surface area contributed by atoms with Crippen molar-refractivity contribution >= 4 is 12.1 Å². The lowest BCUT2D eigenvalue weighted by atomic mass is 9.94. The van der Waals surface area contributed by atoms with Crippen LogP contribution in [0.15, 0.2) is 30.3 Å². The van der Waals surface area contributed by atoms with E-state index in [0.717, 1.165) is 12.1 Å². The number of nitrogens with zero attached hydrogens (tertiary/aromatic N) is 2. The van der Waals surface area contributed by atoms with Crippen LogP contribution in [0.25, 0.3) is 0 Å². The van der Waals surface area contributed by atoms with E-state index in [1.54, 1.807) is 0 Å². The molecule has 0 unspecified atom stereocenters. The van der Waals surface area contributed by atoms with E-state index < -0.39 is 18.0 Å². The second-order valence-electron chi connectivity index (χ2n) is 5.94. The van der Waals surface area contributed by atoms with Crippen LogP contribution < -0.4 is 0 Å². The average molecular weight is 320 g/mol. The summed E-state index contributed by atoms with van der Waals surface area (Å²) in [6, 6.07) is 9.49. The molecular formula is C17H24N2O4. The van der Waals surface area contributed by atoms with Gasteiger partial charge in [0.1, 0.15) is 6.61 Å². The fourth-order valence-electron chi connectivity index (χ4n) is 2.79. The predicted molar refractivity (Wildman–Crippen MR) is 86.0 cm³/mol. The Balaban J connectivity index is 1.98. The van der Waals surface area contributed by atoms with Gasteiger partial charge in [-0.15, -0.1) is 0 Å². The maximum atomic E-state index is 12.3. The summed E-state index contributed by atoms with van der Waals surface area (Å²) >= 11 is 0. The number of carbonyl (C=O) groups excluding carboxylic acids is 1. The molecule has 0 radical (unpaired) electrons. The zero-order valence-electron chi connectivity index (χ0n) is 13.6. The first-order chi connectivity index (χ1) is 11.0. The molecule has 1 saturated heterocycles. The van der Waals surface area contributed by atoms with Crippen LogP contribution in [0.4, 0.5) is 4.79 Å². The van der Waals surface area contributed by atoms with Gasteiger partial charge in [0.2, 0.25) is 0 Å². The summed E-state index contributed by atoms with van der Waals surface area (Å²) in [5.74, 6) is -1.41. The Labute approximate surface area is 136 Å². The molecule has 1 aliphatic heterocycles. The Morgan fingerprint density at radius 2 is 2.00 bits per heavy atom. The number of hydrogen-bond donors (Lipinski definition) is 1. The molecular weight excluding hydrogens is 296 g/mol. The first kappa shape index (κ1) is 17.3. The van der Waals surface area contributed by atoms with Crippen molar-refractivity contribution in [2.75, 3.05) is 26.7 Å². The van der Waals surface area contributed by atoms with Crippen LogP contribution in [0.2, 0.25) is 0 Å². The Morgan fingerprint density at radius 1 is 1.30 bits per heavy atom. The molecule has 1 aromatic carbocycles. The molecule has 1 N–H and O–H groups in total. The fraction of sp³-hybridized carbons (Fsp3) is 0.529. The zero-order valence-corrected chi connectivity index (χ0v) is 13.6. The van der Waals surface area contributed by atoms with Gasteiger partial charge in [-0.25, -0.2) is 4.79 Å². The lowest BCUT2D eigenvalue weighted by Crippen LogP contribution is -2.53. The van der Waals surface area contributed by atoms with E-state index >= 15 is 0 Å². The van der Waals surface area contributed by atoms with Crippen molar-refractivity contribution in [3.8, 4) is 0 Å². The monoisotopic (exact) mass is 320 g/mol. The molecule has 0 spiro atoms. The fourth-order valence-corrected chi connectivity index (χ4v) is 2.79. The Hall–Kier alpha value is -2.08. The molecule has 0 bridgehead atoms. The van der Waals surface area contributed by atoms with Crippen LogP contribution in [-0.2, 0) is 16.1 Å². The number of likely N-dealkylation sites (N-methyl/N-ethyl adjacent to an activating group) is 1. The van der Waals surface area contributed by atoms with Gasteiger partial charge in [0.05, 0.1) is 5.92 Å². The number of carbonyl (C=O) groups is 2. The van der Waals surface area contributed by atoms with Crippen LogP contribution in [0, 0.1) is 5.92 Å². The lowest BCUT2D eigenvalue weighted by Gasteiger charge is -2.39. The molecule has 0 aliphatic carbocycles. The minimum atomic E-state index is -0.861. The molecule has 1 aromatic rings. The molecule has 6 heteroatoms. The van der Waals surface area contributed by atoms with Crippen LogP contribution >= 0.6 is 0 Å². The van der Waals surface area contributed by atoms with Crippen molar-refractivity contribution in [1.82, 2.24) is 9.80 Å². The summed E-state index contributed by atoms with van der Waals surface area (Å²) in [6.07, 6.45) is 0.108. The highest BCUT2D eigenvalue weighted by Crippen LogP contribution is 2.21. The van der Waals surface area contributed by atoms with E-state index in [9.17, 15) is 14.7 Å². The Morgan fingerprint density at radius 3 is 2.61 bits per heavy atom. The van der Waals surface area contributed by atoms with Gasteiger partial charge in [0.25, 0.3) is 0 Å². The smallest absolute Gasteiger partial charge is 0.410 e. The van der Waals surface area contributed by atoms with Gasteiger partial charge in [0.15, 0.2) is 0 Å². The van der Waals surface area contributed by atoms with Gasteiger partial charge >= 0.3 is 12.1 Å². The first-order valence-corrected chi connectivity index (χ1v) is 7.90. The molecule has 6 nitrogen and oxygen atoms in total. The number of ether oxygens (including phenoxy) is 1. The second kappa shape index (κ2) is 7.97. The highest BCUT2D eigenvalue weighted by Gasteiger charge is 2.35. The number of carboxylic acid groups (broad SMARTS) is 1. The predicted octanol–water partition coefficient (Wildman–Crippen LogP) is 2.05. The topological polar surface area (TPSA) is 70.1 Å². The van der Waals surface area contributed by atoms with Crippen molar-refractivity contribution in [3.63, 3.8) is 0 Å². The molecule has 2 rings (SSSR count). The maximum absolute atomic E-state index is 12.3. The molecule has 2 atom stereocenters. The Kier molecular flexibility index (Phi) is 5.98.